The maximum Gasteiger partial charge on any atom is 0.137 e. The van der Waals surface area contributed by atoms with E-state index in [4.69, 9.17) is 0 Å². The number of nitrogens with one attached hydrogen (secondary N) is 1. The zero-order valence-corrected chi connectivity index (χ0v) is 11.6. The first kappa shape index (κ1) is 13.1. The third-order valence-electron chi connectivity index (χ3n) is 3.50. The van der Waals surface area contributed by atoms with Gasteiger partial charge in [-0.1, -0.05) is 26.3 Å². The predicted octanol–water partition coefficient (Wildman–Crippen LogP) is 3.25. The second-order valence-electron chi connectivity index (χ2n) is 5.23. The third-order valence-corrected chi connectivity index (χ3v) is 3.50. The number of pyridine rings is 1. The molecule has 0 aliphatic heterocycles. The molecule has 0 aliphatic carbocycles. The molecule has 2 aromatic rings. The molecule has 1 N–H and O–H groups in total. The molecule has 3 nitrogen and oxygen atoms in total. The maximum absolute atomic E-state index is 4.58. The molecule has 2 heterocycles. The highest BCUT2D eigenvalue weighted by molar-refractivity contribution is 5.39. The SMILES string of the molecule is CCC(C)CC(C)NCc1cn2ccccc2n1. The van der Waals surface area contributed by atoms with Crippen molar-refractivity contribution in [1.29, 1.82) is 0 Å². The fourth-order valence-corrected chi connectivity index (χ4v) is 2.20. The Morgan fingerprint density at radius 2 is 2.17 bits per heavy atom. The minimum atomic E-state index is 0.546. The first-order valence-corrected chi connectivity index (χ1v) is 6.85. The molecule has 18 heavy (non-hydrogen) atoms. The van der Waals surface area contributed by atoms with Crippen LogP contribution in [0.2, 0.25) is 0 Å². The molecule has 0 amide bonds. The normalized spacial score (nSPS) is 14.8. The molecule has 0 aliphatic rings. The van der Waals surface area contributed by atoms with Crippen LogP contribution in [0, 0.1) is 5.92 Å². The summed E-state index contributed by atoms with van der Waals surface area (Å²) >= 11 is 0. The van der Waals surface area contributed by atoms with Gasteiger partial charge in [0, 0.05) is 25.0 Å². The molecule has 0 fully saturated rings. The molecule has 0 bridgehead atoms. The summed E-state index contributed by atoms with van der Waals surface area (Å²) < 4.78 is 2.07. The van der Waals surface area contributed by atoms with E-state index in [1.165, 1.54) is 12.8 Å². The van der Waals surface area contributed by atoms with Crippen LogP contribution in [0.25, 0.3) is 5.65 Å². The Hall–Kier alpha value is -1.35. The van der Waals surface area contributed by atoms with Gasteiger partial charge in [0.2, 0.25) is 0 Å². The van der Waals surface area contributed by atoms with E-state index in [9.17, 15) is 0 Å². The van der Waals surface area contributed by atoms with E-state index >= 15 is 0 Å². The van der Waals surface area contributed by atoms with Gasteiger partial charge in [0.1, 0.15) is 5.65 Å². The van der Waals surface area contributed by atoms with E-state index in [-0.39, 0.29) is 0 Å². The van der Waals surface area contributed by atoms with E-state index in [0.717, 1.165) is 23.8 Å². The molecule has 0 aromatic carbocycles. The number of hydrogen-bond acceptors (Lipinski definition) is 2. The molecule has 2 unspecified atom stereocenters. The molecule has 0 radical (unpaired) electrons. The first-order valence-electron chi connectivity index (χ1n) is 6.85. The van der Waals surface area contributed by atoms with Crippen LogP contribution in [0.4, 0.5) is 0 Å². The third kappa shape index (κ3) is 3.33. The smallest absolute Gasteiger partial charge is 0.137 e. The van der Waals surface area contributed by atoms with Gasteiger partial charge < -0.3 is 9.72 Å². The van der Waals surface area contributed by atoms with Crippen LogP contribution in [-0.2, 0) is 6.54 Å². The monoisotopic (exact) mass is 245 g/mol. The summed E-state index contributed by atoms with van der Waals surface area (Å²) in [6, 6.07) is 6.62. The minimum absolute atomic E-state index is 0.546. The van der Waals surface area contributed by atoms with Gasteiger partial charge >= 0.3 is 0 Å². The second kappa shape index (κ2) is 6.01. The number of hydrogen-bond donors (Lipinski definition) is 1. The molecule has 2 aromatic heterocycles. The second-order valence-corrected chi connectivity index (χ2v) is 5.23. The zero-order chi connectivity index (χ0) is 13.0. The lowest BCUT2D eigenvalue weighted by molar-refractivity contribution is 0.411. The van der Waals surface area contributed by atoms with E-state index in [1.54, 1.807) is 0 Å². The maximum atomic E-state index is 4.58. The summed E-state index contributed by atoms with van der Waals surface area (Å²) in [4.78, 5) is 4.58. The van der Waals surface area contributed by atoms with Crippen molar-refractivity contribution in [2.75, 3.05) is 0 Å². The van der Waals surface area contributed by atoms with Crippen LogP contribution in [-0.4, -0.2) is 15.4 Å². The van der Waals surface area contributed by atoms with E-state index < -0.39 is 0 Å². The van der Waals surface area contributed by atoms with Gasteiger partial charge in [-0.2, -0.15) is 0 Å². The zero-order valence-electron chi connectivity index (χ0n) is 11.6. The van der Waals surface area contributed by atoms with Crippen molar-refractivity contribution in [2.24, 2.45) is 5.92 Å². The summed E-state index contributed by atoms with van der Waals surface area (Å²) in [6.07, 6.45) is 6.61. The van der Waals surface area contributed by atoms with Crippen LogP contribution >= 0.6 is 0 Å². The highest BCUT2D eigenvalue weighted by Gasteiger charge is 2.07. The number of fused-ring (bicyclic) bond motifs is 1. The summed E-state index contributed by atoms with van der Waals surface area (Å²) in [5.74, 6) is 0.786. The largest absolute Gasteiger partial charge is 0.309 e. The fraction of sp³-hybridized carbons (Fsp3) is 0.533. The first-order chi connectivity index (χ1) is 8.69. The topological polar surface area (TPSA) is 29.3 Å². The highest BCUT2D eigenvalue weighted by Crippen LogP contribution is 2.10. The average molecular weight is 245 g/mol. The predicted molar refractivity (Wildman–Crippen MR) is 75.6 cm³/mol. The lowest BCUT2D eigenvalue weighted by Crippen LogP contribution is -2.27. The summed E-state index contributed by atoms with van der Waals surface area (Å²) in [7, 11) is 0. The standard InChI is InChI=1S/C15H23N3/c1-4-12(2)9-13(3)16-10-14-11-18-8-6-5-7-15(18)17-14/h5-8,11-13,16H,4,9-10H2,1-3H3. The van der Waals surface area contributed by atoms with Crippen molar-refractivity contribution in [1.82, 2.24) is 14.7 Å². The summed E-state index contributed by atoms with van der Waals surface area (Å²) in [6.45, 7) is 7.66. The lowest BCUT2D eigenvalue weighted by atomic mass is 10.0. The van der Waals surface area contributed by atoms with Crippen molar-refractivity contribution in [3.05, 3.63) is 36.3 Å². The minimum Gasteiger partial charge on any atom is -0.309 e. The highest BCUT2D eigenvalue weighted by atomic mass is 15.0. The van der Waals surface area contributed by atoms with Gasteiger partial charge in [-0.25, -0.2) is 4.98 Å². The van der Waals surface area contributed by atoms with Crippen LogP contribution in [0.5, 0.6) is 0 Å². The molecular weight excluding hydrogens is 222 g/mol. The number of nitrogens with zero attached hydrogens (tertiary/aromatic N) is 2. The van der Waals surface area contributed by atoms with Gasteiger partial charge in [-0.15, -0.1) is 0 Å². The number of rotatable bonds is 6. The van der Waals surface area contributed by atoms with Crippen molar-refractivity contribution in [3.63, 3.8) is 0 Å². The Bertz CT molecular complexity index is 456. The fourth-order valence-electron chi connectivity index (χ4n) is 2.20. The van der Waals surface area contributed by atoms with Gasteiger partial charge in [0.25, 0.3) is 0 Å². The molecule has 98 valence electrons. The van der Waals surface area contributed by atoms with Crippen LogP contribution in [0.3, 0.4) is 0 Å². The Kier molecular flexibility index (Phi) is 4.37. The number of aromatic nitrogens is 2. The van der Waals surface area contributed by atoms with Crippen molar-refractivity contribution in [3.8, 4) is 0 Å². The molecule has 3 heteroatoms. The summed E-state index contributed by atoms with van der Waals surface area (Å²) in [5.41, 5.74) is 2.13. The van der Waals surface area contributed by atoms with E-state index in [2.05, 4.69) is 41.7 Å². The van der Waals surface area contributed by atoms with Crippen LogP contribution in [0.15, 0.2) is 30.6 Å². The van der Waals surface area contributed by atoms with Gasteiger partial charge in [0.15, 0.2) is 0 Å². The molecule has 2 atom stereocenters. The van der Waals surface area contributed by atoms with Crippen LogP contribution in [0.1, 0.15) is 39.3 Å². The van der Waals surface area contributed by atoms with Gasteiger partial charge in [-0.05, 0) is 31.4 Å². The Labute approximate surface area is 109 Å². The summed E-state index contributed by atoms with van der Waals surface area (Å²) in [5, 5.41) is 3.55. The average Bonchev–Trinajstić information content (AvgIpc) is 2.79. The van der Waals surface area contributed by atoms with Crippen molar-refractivity contribution < 1.29 is 0 Å². The Balaban J connectivity index is 1.89. The Morgan fingerprint density at radius 1 is 1.33 bits per heavy atom. The molecule has 0 saturated heterocycles. The van der Waals surface area contributed by atoms with E-state index in [0.29, 0.717) is 6.04 Å². The van der Waals surface area contributed by atoms with Gasteiger partial charge in [-0.3, -0.25) is 0 Å². The molecule has 2 rings (SSSR count). The van der Waals surface area contributed by atoms with Crippen molar-refractivity contribution in [2.45, 2.75) is 46.2 Å². The van der Waals surface area contributed by atoms with Crippen LogP contribution < -0.4 is 5.32 Å². The van der Waals surface area contributed by atoms with Crippen molar-refractivity contribution >= 4 is 5.65 Å². The molecule has 0 spiro atoms. The molecule has 0 saturated carbocycles. The Morgan fingerprint density at radius 3 is 2.89 bits per heavy atom. The molecular formula is C15H23N3. The number of imidazole rings is 1. The lowest BCUT2D eigenvalue weighted by Gasteiger charge is -2.16. The van der Waals surface area contributed by atoms with E-state index in [1.807, 2.05) is 24.4 Å². The van der Waals surface area contributed by atoms with Gasteiger partial charge in [0.05, 0.1) is 5.69 Å². The quantitative estimate of drug-likeness (QED) is 0.846.